The molecule has 0 saturated heterocycles. The van der Waals surface area contributed by atoms with Crippen LogP contribution in [0.3, 0.4) is 0 Å². The van der Waals surface area contributed by atoms with Gasteiger partial charge in [0.15, 0.2) is 0 Å². The van der Waals surface area contributed by atoms with E-state index in [4.69, 9.17) is 16.3 Å². The molecular weight excluding hydrogens is 311 g/mol. The first-order valence-electron chi connectivity index (χ1n) is 6.67. The second kappa shape index (κ2) is 7.31. The van der Waals surface area contributed by atoms with Crippen LogP contribution < -0.4 is 5.32 Å². The summed E-state index contributed by atoms with van der Waals surface area (Å²) in [5, 5.41) is 4.47. The van der Waals surface area contributed by atoms with Crippen LogP contribution in [-0.2, 0) is 17.9 Å². The second-order valence-corrected chi connectivity index (χ2v) is 6.50. The quantitative estimate of drug-likeness (QED) is 0.861. The second-order valence-electron chi connectivity index (χ2n) is 4.98. The Balaban J connectivity index is 2.35. The zero-order chi connectivity index (χ0) is 15.4. The Morgan fingerprint density at radius 1 is 1.43 bits per heavy atom. The lowest BCUT2D eigenvalue weighted by atomic mass is 10.2. The number of methoxy groups -OCH3 is 1. The normalized spacial score (nSPS) is 11.3. The average Bonchev–Trinajstić information content (AvgIpc) is 2.83. The number of hydrogen-bond acceptors (Lipinski definition) is 4. The summed E-state index contributed by atoms with van der Waals surface area (Å²) >= 11 is 7.42. The van der Waals surface area contributed by atoms with Crippen molar-refractivity contribution in [2.24, 2.45) is 0 Å². The predicted octanol–water partition coefficient (Wildman–Crippen LogP) is 4.25. The summed E-state index contributed by atoms with van der Waals surface area (Å²) in [6, 6.07) is 4.87. The lowest BCUT2D eigenvalue weighted by molar-refractivity contribution is 0.181. The van der Waals surface area contributed by atoms with E-state index in [-0.39, 0.29) is 5.82 Å². The van der Waals surface area contributed by atoms with E-state index in [1.165, 1.54) is 23.5 Å². The van der Waals surface area contributed by atoms with Gasteiger partial charge in [0.1, 0.15) is 10.8 Å². The van der Waals surface area contributed by atoms with Gasteiger partial charge in [-0.3, -0.25) is 0 Å². The van der Waals surface area contributed by atoms with Gasteiger partial charge in [0.2, 0.25) is 0 Å². The molecule has 0 aliphatic carbocycles. The fourth-order valence-corrected chi connectivity index (χ4v) is 3.05. The number of ether oxygens (including phenoxy) is 1. The topological polar surface area (TPSA) is 34.1 Å². The van der Waals surface area contributed by atoms with Crippen molar-refractivity contribution >= 4 is 22.9 Å². The fraction of sp³-hybridized carbons (Fsp3) is 0.400. The van der Waals surface area contributed by atoms with Crippen LogP contribution in [0, 0.1) is 5.82 Å². The average molecular weight is 329 g/mol. The molecule has 0 atom stereocenters. The van der Waals surface area contributed by atoms with E-state index in [0.717, 1.165) is 10.6 Å². The van der Waals surface area contributed by atoms with Crippen LogP contribution in [0.1, 0.15) is 24.4 Å². The molecule has 0 amide bonds. The summed E-state index contributed by atoms with van der Waals surface area (Å²) in [6.07, 6.45) is 0. The molecule has 0 aliphatic rings. The molecular formula is C15H18ClFN2OS. The Kier molecular flexibility index (Phi) is 5.70. The molecule has 0 fully saturated rings. The molecule has 114 valence electrons. The zero-order valence-electron chi connectivity index (χ0n) is 12.2. The molecule has 1 aromatic carbocycles. The first kappa shape index (κ1) is 16.4. The molecule has 0 saturated carbocycles. The minimum Gasteiger partial charge on any atom is -0.378 e. The predicted molar refractivity (Wildman–Crippen MR) is 85.2 cm³/mol. The van der Waals surface area contributed by atoms with Gasteiger partial charge in [-0.05, 0) is 18.2 Å². The smallest absolute Gasteiger partial charge is 0.133 e. The van der Waals surface area contributed by atoms with Crippen LogP contribution in [0.5, 0.6) is 0 Å². The molecule has 0 bridgehead atoms. The highest BCUT2D eigenvalue weighted by atomic mass is 35.5. The minimum absolute atomic E-state index is 0.319. The highest BCUT2D eigenvalue weighted by molar-refractivity contribution is 7.15. The van der Waals surface area contributed by atoms with E-state index < -0.39 is 0 Å². The summed E-state index contributed by atoms with van der Waals surface area (Å²) in [4.78, 5) is 5.56. The maximum absolute atomic E-state index is 14.0. The van der Waals surface area contributed by atoms with Crippen molar-refractivity contribution in [2.75, 3.05) is 7.11 Å². The maximum Gasteiger partial charge on any atom is 0.133 e. The van der Waals surface area contributed by atoms with E-state index in [9.17, 15) is 4.39 Å². The van der Waals surface area contributed by atoms with Gasteiger partial charge in [0.25, 0.3) is 0 Å². The summed E-state index contributed by atoms with van der Waals surface area (Å²) in [5.74, 6) is -0.319. The fourth-order valence-electron chi connectivity index (χ4n) is 1.84. The number of rotatable bonds is 6. The summed E-state index contributed by atoms with van der Waals surface area (Å²) in [5.41, 5.74) is 1.27. The van der Waals surface area contributed by atoms with Crippen molar-refractivity contribution in [3.63, 3.8) is 0 Å². The van der Waals surface area contributed by atoms with Crippen molar-refractivity contribution in [3.05, 3.63) is 39.6 Å². The standard InChI is InChI=1S/C15H18ClFN2OS/c1-9(2)18-7-14-13(8-20-3)19-15(21-14)11-6-10(16)4-5-12(11)17/h4-6,9,18H,7-8H2,1-3H3. The van der Waals surface area contributed by atoms with E-state index in [0.29, 0.717) is 34.8 Å². The number of benzene rings is 1. The molecule has 1 N–H and O–H groups in total. The Morgan fingerprint density at radius 3 is 2.86 bits per heavy atom. The van der Waals surface area contributed by atoms with E-state index in [1.54, 1.807) is 13.2 Å². The van der Waals surface area contributed by atoms with Crippen LogP contribution >= 0.6 is 22.9 Å². The Bertz CT molecular complexity index is 616. The van der Waals surface area contributed by atoms with Crippen LogP contribution in [0.25, 0.3) is 10.6 Å². The van der Waals surface area contributed by atoms with Gasteiger partial charge in [-0.1, -0.05) is 25.4 Å². The monoisotopic (exact) mass is 328 g/mol. The third-order valence-electron chi connectivity index (χ3n) is 2.89. The van der Waals surface area contributed by atoms with Gasteiger partial charge in [-0.2, -0.15) is 0 Å². The van der Waals surface area contributed by atoms with Crippen molar-refractivity contribution in [1.29, 1.82) is 0 Å². The zero-order valence-corrected chi connectivity index (χ0v) is 13.8. The van der Waals surface area contributed by atoms with Gasteiger partial charge in [-0.15, -0.1) is 11.3 Å². The van der Waals surface area contributed by atoms with Crippen LogP contribution in [0.15, 0.2) is 18.2 Å². The molecule has 1 aromatic heterocycles. The first-order valence-corrected chi connectivity index (χ1v) is 7.87. The Morgan fingerprint density at radius 2 is 2.19 bits per heavy atom. The van der Waals surface area contributed by atoms with Crippen molar-refractivity contribution in [2.45, 2.75) is 33.0 Å². The number of hydrogen-bond donors (Lipinski definition) is 1. The SMILES string of the molecule is COCc1nc(-c2cc(Cl)ccc2F)sc1CNC(C)C. The van der Waals surface area contributed by atoms with Crippen LogP contribution in [-0.4, -0.2) is 18.1 Å². The molecule has 6 heteroatoms. The molecule has 0 spiro atoms. The van der Waals surface area contributed by atoms with Crippen molar-refractivity contribution in [3.8, 4) is 10.6 Å². The lowest BCUT2D eigenvalue weighted by Gasteiger charge is -2.07. The summed E-state index contributed by atoms with van der Waals surface area (Å²) in [7, 11) is 1.62. The third-order valence-corrected chi connectivity index (χ3v) is 4.25. The molecule has 0 unspecified atom stereocenters. The summed E-state index contributed by atoms with van der Waals surface area (Å²) < 4.78 is 19.1. The number of nitrogens with zero attached hydrogens (tertiary/aromatic N) is 1. The molecule has 0 aliphatic heterocycles. The minimum atomic E-state index is -0.319. The number of halogens is 2. The largest absolute Gasteiger partial charge is 0.378 e. The molecule has 0 radical (unpaired) electrons. The van der Waals surface area contributed by atoms with Gasteiger partial charge in [0.05, 0.1) is 12.3 Å². The van der Waals surface area contributed by atoms with Gasteiger partial charge in [0, 0.05) is 35.2 Å². The molecule has 3 nitrogen and oxygen atoms in total. The lowest BCUT2D eigenvalue weighted by Crippen LogP contribution is -2.21. The molecule has 1 heterocycles. The van der Waals surface area contributed by atoms with Crippen molar-refractivity contribution < 1.29 is 9.13 Å². The summed E-state index contributed by atoms with van der Waals surface area (Å²) in [6.45, 7) is 5.26. The maximum atomic E-state index is 14.0. The third kappa shape index (κ3) is 4.23. The first-order chi connectivity index (χ1) is 10.0. The van der Waals surface area contributed by atoms with Gasteiger partial charge < -0.3 is 10.1 Å². The van der Waals surface area contributed by atoms with Crippen molar-refractivity contribution in [1.82, 2.24) is 10.3 Å². The van der Waals surface area contributed by atoms with E-state index in [2.05, 4.69) is 24.1 Å². The Hall–Kier alpha value is -1.01. The van der Waals surface area contributed by atoms with Gasteiger partial charge in [-0.25, -0.2) is 9.37 Å². The molecule has 21 heavy (non-hydrogen) atoms. The van der Waals surface area contributed by atoms with Gasteiger partial charge >= 0.3 is 0 Å². The molecule has 2 rings (SSSR count). The number of aromatic nitrogens is 1. The van der Waals surface area contributed by atoms with Crippen LogP contribution in [0.2, 0.25) is 5.02 Å². The van der Waals surface area contributed by atoms with E-state index in [1.807, 2.05) is 0 Å². The highest BCUT2D eigenvalue weighted by Gasteiger charge is 2.15. The molecule has 2 aromatic rings. The highest BCUT2D eigenvalue weighted by Crippen LogP contribution is 2.32. The van der Waals surface area contributed by atoms with Crippen LogP contribution in [0.4, 0.5) is 4.39 Å². The number of nitrogens with one attached hydrogen (secondary N) is 1. The number of thiazole rings is 1. The van der Waals surface area contributed by atoms with E-state index >= 15 is 0 Å². The Labute approximate surface area is 133 Å².